The highest BCUT2D eigenvalue weighted by Crippen LogP contribution is 2.34. The number of hydrogen-bond acceptors (Lipinski definition) is 4. The Morgan fingerprint density at radius 1 is 1.07 bits per heavy atom. The van der Waals surface area contributed by atoms with Crippen molar-refractivity contribution in [1.29, 1.82) is 0 Å². The summed E-state index contributed by atoms with van der Waals surface area (Å²) in [7, 11) is 1.70. The molecule has 1 saturated carbocycles. The number of anilines is 1. The minimum atomic E-state index is -1.34. The van der Waals surface area contributed by atoms with Crippen molar-refractivity contribution >= 4 is 28.9 Å². The molecular weight excluding hydrogens is 516 g/mol. The molecule has 41 heavy (non-hydrogen) atoms. The average molecular weight is 555 g/mol. The molecule has 2 amide bonds. The van der Waals surface area contributed by atoms with Crippen LogP contribution < -0.4 is 15.0 Å². The monoisotopic (exact) mass is 554 g/mol. The van der Waals surface area contributed by atoms with Gasteiger partial charge in [0, 0.05) is 37.3 Å². The minimum Gasteiger partial charge on any atom is -0.449 e. The smallest absolute Gasteiger partial charge is 0.449 e. The molecule has 3 aromatic carbocycles. The van der Waals surface area contributed by atoms with Gasteiger partial charge in [0.25, 0.3) is 0 Å². The third-order valence-electron chi connectivity index (χ3n) is 7.92. The van der Waals surface area contributed by atoms with Crippen molar-refractivity contribution in [3.05, 3.63) is 77.6 Å². The van der Waals surface area contributed by atoms with Crippen LogP contribution in [0.15, 0.2) is 60.7 Å². The Kier molecular flexibility index (Phi) is 8.57. The van der Waals surface area contributed by atoms with Gasteiger partial charge in [0.15, 0.2) is 0 Å². The second-order valence-electron chi connectivity index (χ2n) is 10.8. The Morgan fingerprint density at radius 2 is 1.80 bits per heavy atom. The summed E-state index contributed by atoms with van der Waals surface area (Å²) in [5, 5.41) is 12.0. The normalized spacial score (nSPS) is 13.7. The Balaban J connectivity index is 1.52. The van der Waals surface area contributed by atoms with E-state index in [0.29, 0.717) is 12.3 Å². The number of amides is 2. The van der Waals surface area contributed by atoms with Crippen LogP contribution in [-0.4, -0.2) is 39.9 Å². The summed E-state index contributed by atoms with van der Waals surface area (Å²) in [6, 6.07) is 19.6. The number of carboxylic acid groups (broad SMARTS) is 1. The molecule has 1 aromatic heterocycles. The van der Waals surface area contributed by atoms with Crippen LogP contribution in [0.1, 0.15) is 62.4 Å². The van der Waals surface area contributed by atoms with E-state index >= 15 is 0 Å². The van der Waals surface area contributed by atoms with Gasteiger partial charge in [-0.3, -0.25) is 4.90 Å². The number of carbonyl (C=O) groups is 2. The Labute approximate surface area is 241 Å². The van der Waals surface area contributed by atoms with E-state index in [1.807, 2.05) is 29.2 Å². The predicted octanol–water partition coefficient (Wildman–Crippen LogP) is 7.55. The van der Waals surface area contributed by atoms with E-state index in [1.54, 1.807) is 19.2 Å². The van der Waals surface area contributed by atoms with Crippen molar-refractivity contribution in [3.63, 3.8) is 0 Å². The quantitative estimate of drug-likeness (QED) is 0.173. The molecule has 1 heterocycles. The number of nitrogens with one attached hydrogen (secondary N) is 1. The lowest BCUT2D eigenvalue weighted by Crippen LogP contribution is -2.46. The van der Waals surface area contributed by atoms with E-state index in [9.17, 15) is 9.59 Å². The molecule has 8 nitrogen and oxygen atoms in total. The Morgan fingerprint density at radius 3 is 2.49 bits per heavy atom. The Hall–Kier alpha value is -4.33. The molecule has 1 fully saturated rings. The van der Waals surface area contributed by atoms with Crippen molar-refractivity contribution in [2.24, 2.45) is 0 Å². The minimum absolute atomic E-state index is 0.0711. The maximum absolute atomic E-state index is 13.1. The SMILES string of the molecule is CCCc1nc2c(C)cc(N(C(=O)NC)C3CCCCC3)cc2n1Cc1ccc(-c2ccccc2OC(=O)O)cc1. The van der Waals surface area contributed by atoms with Gasteiger partial charge in [-0.15, -0.1) is 0 Å². The number of benzene rings is 3. The summed E-state index contributed by atoms with van der Waals surface area (Å²) in [6.07, 6.45) is 6.01. The lowest BCUT2D eigenvalue weighted by atomic mass is 9.93. The molecule has 0 spiro atoms. The predicted molar refractivity (Wildman–Crippen MR) is 162 cm³/mol. The van der Waals surface area contributed by atoms with Crippen molar-refractivity contribution in [3.8, 4) is 16.9 Å². The van der Waals surface area contributed by atoms with E-state index in [0.717, 1.165) is 83.3 Å². The van der Waals surface area contributed by atoms with Crippen molar-refractivity contribution in [2.45, 2.75) is 71.4 Å². The van der Waals surface area contributed by atoms with Gasteiger partial charge < -0.3 is 19.7 Å². The first-order valence-electron chi connectivity index (χ1n) is 14.5. The highest BCUT2D eigenvalue weighted by Gasteiger charge is 2.27. The molecule has 8 heteroatoms. The first kappa shape index (κ1) is 28.2. The first-order chi connectivity index (χ1) is 19.9. The summed E-state index contributed by atoms with van der Waals surface area (Å²) in [4.78, 5) is 31.3. The fourth-order valence-corrected chi connectivity index (χ4v) is 5.97. The largest absolute Gasteiger partial charge is 0.511 e. The third-order valence-corrected chi connectivity index (χ3v) is 7.92. The number of fused-ring (bicyclic) bond motifs is 1. The second-order valence-corrected chi connectivity index (χ2v) is 10.8. The zero-order valence-electron chi connectivity index (χ0n) is 24.0. The number of carbonyl (C=O) groups excluding carboxylic acids is 1. The number of ether oxygens (including phenoxy) is 1. The Bertz CT molecular complexity index is 1540. The zero-order chi connectivity index (χ0) is 28.9. The number of para-hydroxylation sites is 1. The first-order valence-corrected chi connectivity index (χ1v) is 14.5. The topological polar surface area (TPSA) is 96.7 Å². The lowest BCUT2D eigenvalue weighted by Gasteiger charge is -2.34. The number of rotatable bonds is 8. The number of hydrogen-bond donors (Lipinski definition) is 2. The highest BCUT2D eigenvalue weighted by molar-refractivity contribution is 5.95. The highest BCUT2D eigenvalue weighted by atomic mass is 16.7. The molecule has 0 radical (unpaired) electrons. The van der Waals surface area contributed by atoms with Crippen LogP contribution in [0.5, 0.6) is 5.75 Å². The van der Waals surface area contributed by atoms with Crippen LogP contribution >= 0.6 is 0 Å². The summed E-state index contributed by atoms with van der Waals surface area (Å²) in [5.41, 5.74) is 6.66. The molecular formula is C33H38N4O4. The maximum atomic E-state index is 13.1. The standard InChI is InChI=1S/C33H38N4O4/c1-4-10-30-35-31-22(2)19-26(37(32(38)34-3)25-11-6-5-7-12-25)20-28(31)36(30)21-23-15-17-24(18-16-23)27-13-8-9-14-29(27)41-33(39)40/h8-9,13-20,25H,4-7,10-12,21H2,1-3H3,(H,34,38)(H,39,40). The summed E-state index contributed by atoms with van der Waals surface area (Å²) in [6.45, 7) is 4.86. The molecule has 0 saturated heterocycles. The van der Waals surface area contributed by atoms with E-state index in [4.69, 9.17) is 14.8 Å². The average Bonchev–Trinajstić information content (AvgIpc) is 3.31. The maximum Gasteiger partial charge on any atom is 0.511 e. The van der Waals surface area contributed by atoms with Crippen LogP contribution in [0.4, 0.5) is 15.3 Å². The van der Waals surface area contributed by atoms with E-state index in [2.05, 4.69) is 48.0 Å². The van der Waals surface area contributed by atoms with Gasteiger partial charge in [0.2, 0.25) is 0 Å². The molecule has 2 N–H and O–H groups in total. The van der Waals surface area contributed by atoms with E-state index in [1.165, 1.54) is 6.42 Å². The van der Waals surface area contributed by atoms with Crippen LogP contribution in [-0.2, 0) is 13.0 Å². The fourth-order valence-electron chi connectivity index (χ4n) is 5.97. The summed E-state index contributed by atoms with van der Waals surface area (Å²) in [5.74, 6) is 1.33. The van der Waals surface area contributed by atoms with Crippen LogP contribution in [0.2, 0.25) is 0 Å². The number of aryl methyl sites for hydroxylation is 2. The van der Waals surface area contributed by atoms with E-state index in [-0.39, 0.29) is 12.1 Å². The summed E-state index contributed by atoms with van der Waals surface area (Å²) < 4.78 is 7.26. The van der Waals surface area contributed by atoms with Gasteiger partial charge in [-0.05, 0) is 61.1 Å². The van der Waals surface area contributed by atoms with Gasteiger partial charge in [0.05, 0.1) is 11.0 Å². The van der Waals surface area contributed by atoms with Gasteiger partial charge >= 0.3 is 12.2 Å². The lowest BCUT2D eigenvalue weighted by molar-refractivity contribution is 0.144. The molecule has 214 valence electrons. The van der Waals surface area contributed by atoms with E-state index < -0.39 is 6.16 Å². The molecule has 1 aliphatic rings. The summed E-state index contributed by atoms with van der Waals surface area (Å²) >= 11 is 0. The van der Waals surface area contributed by atoms with Crippen LogP contribution in [0.3, 0.4) is 0 Å². The second kappa shape index (κ2) is 12.5. The van der Waals surface area contributed by atoms with Crippen molar-refractivity contribution in [1.82, 2.24) is 14.9 Å². The van der Waals surface area contributed by atoms with Gasteiger partial charge in [-0.2, -0.15) is 0 Å². The number of imidazole rings is 1. The molecule has 1 aliphatic carbocycles. The number of aromatic nitrogens is 2. The van der Waals surface area contributed by atoms with Crippen LogP contribution in [0.25, 0.3) is 22.2 Å². The van der Waals surface area contributed by atoms with Gasteiger partial charge in [-0.25, -0.2) is 14.6 Å². The molecule has 0 unspecified atom stereocenters. The van der Waals surface area contributed by atoms with Gasteiger partial charge in [0.1, 0.15) is 11.6 Å². The third kappa shape index (κ3) is 6.06. The van der Waals surface area contributed by atoms with Crippen molar-refractivity contribution in [2.75, 3.05) is 11.9 Å². The molecule has 0 bridgehead atoms. The fraction of sp³-hybridized carbons (Fsp3) is 0.364. The zero-order valence-corrected chi connectivity index (χ0v) is 24.0. The molecule has 0 atom stereocenters. The molecule has 0 aliphatic heterocycles. The number of nitrogens with zero attached hydrogens (tertiary/aromatic N) is 3. The van der Waals surface area contributed by atoms with Crippen LogP contribution in [0, 0.1) is 6.92 Å². The molecule has 4 aromatic rings. The van der Waals surface area contributed by atoms with Gasteiger partial charge in [-0.1, -0.05) is 68.7 Å². The van der Waals surface area contributed by atoms with Crippen molar-refractivity contribution < 1.29 is 19.4 Å². The molecule has 5 rings (SSSR count). The number of urea groups is 1.